The minimum Gasteiger partial charge on any atom is -0.228 e. The van der Waals surface area contributed by atoms with Crippen molar-refractivity contribution in [1.29, 1.82) is 0 Å². The minimum absolute atomic E-state index is 0.231. The molecule has 16 heavy (non-hydrogen) atoms. The molecule has 5 nitrogen and oxygen atoms in total. The molecule has 0 unspecified atom stereocenters. The molecule has 0 aromatic carbocycles. The predicted octanol–water partition coefficient (Wildman–Crippen LogP) is 0.814. The summed E-state index contributed by atoms with van der Waals surface area (Å²) in [6.45, 7) is 3.79. The summed E-state index contributed by atoms with van der Waals surface area (Å²) in [4.78, 5) is 0. The van der Waals surface area contributed by atoms with E-state index in [0.29, 0.717) is 18.3 Å². The quantitative estimate of drug-likeness (QED) is 0.645. The molecule has 0 saturated carbocycles. The molecule has 0 aromatic rings. The summed E-state index contributed by atoms with van der Waals surface area (Å²) in [7, 11) is -7.25. The zero-order valence-electron chi connectivity index (χ0n) is 9.68. The molecule has 0 rings (SSSR count). The Hall–Kier alpha value is 0.340. The van der Waals surface area contributed by atoms with Crippen LogP contribution in [0, 0.1) is 0 Å². The molecule has 0 heterocycles. The fourth-order valence-corrected chi connectivity index (χ4v) is 5.28. The van der Waals surface area contributed by atoms with Crippen molar-refractivity contribution < 1.29 is 16.8 Å². The Morgan fingerprint density at radius 3 is 2.00 bits per heavy atom. The van der Waals surface area contributed by atoms with Gasteiger partial charge in [-0.25, -0.2) is 16.8 Å². The van der Waals surface area contributed by atoms with E-state index in [1.807, 2.05) is 0 Å². The molecule has 0 amide bonds. The fraction of sp³-hybridized carbons (Fsp3) is 1.00. The first-order chi connectivity index (χ1) is 7.10. The van der Waals surface area contributed by atoms with Gasteiger partial charge in [0.25, 0.3) is 0 Å². The Labute approximate surface area is 106 Å². The van der Waals surface area contributed by atoms with E-state index in [1.54, 1.807) is 13.8 Å². The lowest BCUT2D eigenvalue weighted by Gasteiger charge is -2.25. The van der Waals surface area contributed by atoms with Gasteiger partial charge in [-0.3, -0.25) is 0 Å². The van der Waals surface area contributed by atoms with Gasteiger partial charge in [0.15, 0.2) is 14.9 Å². The number of halogens is 1. The first-order valence-electron chi connectivity index (χ1n) is 4.83. The van der Waals surface area contributed by atoms with Crippen LogP contribution in [0.2, 0.25) is 0 Å². The first kappa shape index (κ1) is 16.3. The third-order valence-corrected chi connectivity index (χ3v) is 6.59. The second-order valence-electron chi connectivity index (χ2n) is 3.90. The van der Waals surface area contributed by atoms with Gasteiger partial charge in [-0.1, -0.05) is 15.9 Å². The Bertz CT molecular complexity index is 402. The molecule has 0 aliphatic heterocycles. The van der Waals surface area contributed by atoms with E-state index in [9.17, 15) is 16.8 Å². The molecular formula is C8H18BrNO4S2. The van der Waals surface area contributed by atoms with Crippen LogP contribution in [0.15, 0.2) is 0 Å². The van der Waals surface area contributed by atoms with Crippen LogP contribution >= 0.6 is 15.9 Å². The van der Waals surface area contributed by atoms with Crippen LogP contribution in [-0.4, -0.2) is 50.4 Å². The first-order valence-corrected chi connectivity index (χ1v) is 9.62. The number of nitrogens with zero attached hydrogens (tertiary/aromatic N) is 1. The van der Waals surface area contributed by atoms with Gasteiger partial charge in [0.1, 0.15) is 0 Å². The van der Waals surface area contributed by atoms with Crippen molar-refractivity contribution in [1.82, 2.24) is 4.31 Å². The lowest BCUT2D eigenvalue weighted by molar-refractivity contribution is 0.357. The lowest BCUT2D eigenvalue weighted by atomic mass is 10.4. The third-order valence-electron chi connectivity index (χ3n) is 1.81. The molecule has 0 spiro atoms. The largest absolute Gasteiger partial charge is 0.228 e. The Balaban J connectivity index is 4.91. The zero-order valence-corrected chi connectivity index (χ0v) is 12.9. The monoisotopic (exact) mass is 335 g/mol. The minimum atomic E-state index is -3.73. The van der Waals surface area contributed by atoms with Crippen molar-refractivity contribution in [2.45, 2.75) is 26.3 Å². The van der Waals surface area contributed by atoms with E-state index in [4.69, 9.17) is 0 Å². The number of hydrogen-bond acceptors (Lipinski definition) is 4. The summed E-state index contributed by atoms with van der Waals surface area (Å²) in [5.41, 5.74) is 0. The summed E-state index contributed by atoms with van der Waals surface area (Å²) >= 11 is 3.22. The number of rotatable bonds is 7. The molecular weight excluding hydrogens is 318 g/mol. The molecule has 0 fully saturated rings. The highest BCUT2D eigenvalue weighted by Crippen LogP contribution is 2.11. The van der Waals surface area contributed by atoms with Crippen LogP contribution in [0.5, 0.6) is 0 Å². The van der Waals surface area contributed by atoms with E-state index in [-0.39, 0.29) is 6.04 Å². The topological polar surface area (TPSA) is 71.5 Å². The van der Waals surface area contributed by atoms with Crippen LogP contribution in [0.25, 0.3) is 0 Å². The van der Waals surface area contributed by atoms with E-state index < -0.39 is 24.9 Å². The summed E-state index contributed by atoms with van der Waals surface area (Å²) in [6.07, 6.45) is 1.58. The second-order valence-corrected chi connectivity index (χ2v) is 9.12. The fourth-order valence-electron chi connectivity index (χ4n) is 1.27. The van der Waals surface area contributed by atoms with Gasteiger partial charge >= 0.3 is 0 Å². The molecule has 0 saturated heterocycles. The van der Waals surface area contributed by atoms with Gasteiger partial charge in [0.2, 0.25) is 10.0 Å². The maximum atomic E-state index is 11.8. The highest BCUT2D eigenvalue weighted by atomic mass is 79.9. The average molecular weight is 336 g/mol. The number of alkyl halides is 1. The molecule has 98 valence electrons. The maximum absolute atomic E-state index is 11.8. The molecule has 0 N–H and O–H groups in total. The predicted molar refractivity (Wildman–Crippen MR) is 68.9 cm³/mol. The summed E-state index contributed by atoms with van der Waals surface area (Å²) in [5, 5.41) is -0.134. The lowest BCUT2D eigenvalue weighted by Crippen LogP contribution is -2.40. The van der Waals surface area contributed by atoms with Crippen molar-refractivity contribution >= 4 is 35.8 Å². The highest BCUT2D eigenvalue weighted by Gasteiger charge is 2.28. The number of sulfonamides is 1. The van der Waals surface area contributed by atoms with Crippen molar-refractivity contribution in [3.8, 4) is 0 Å². The summed E-state index contributed by atoms with van der Waals surface area (Å²) < 4.78 is 46.9. The Morgan fingerprint density at radius 1 is 1.19 bits per heavy atom. The van der Waals surface area contributed by atoms with Gasteiger partial charge in [0.05, 0.1) is 0 Å². The second kappa shape index (κ2) is 6.32. The standard InChI is InChI=1S/C8H18BrNO4S2/c1-8(2)10(6-4-5-9)16(13,14)7-15(3,11)12/h8H,4-7H2,1-3H3. The van der Waals surface area contributed by atoms with Crippen LogP contribution in [0.4, 0.5) is 0 Å². The zero-order chi connectivity index (χ0) is 13.0. The van der Waals surface area contributed by atoms with Crippen LogP contribution in [0.3, 0.4) is 0 Å². The molecule has 0 atom stereocenters. The highest BCUT2D eigenvalue weighted by molar-refractivity contribution is 9.09. The van der Waals surface area contributed by atoms with E-state index in [1.165, 1.54) is 4.31 Å². The maximum Gasteiger partial charge on any atom is 0.228 e. The number of hydrogen-bond donors (Lipinski definition) is 0. The molecule has 8 heteroatoms. The Kier molecular flexibility index (Phi) is 6.45. The third kappa shape index (κ3) is 6.17. The van der Waals surface area contributed by atoms with Crippen LogP contribution in [0.1, 0.15) is 20.3 Å². The van der Waals surface area contributed by atoms with Gasteiger partial charge in [0, 0.05) is 24.2 Å². The normalized spacial score (nSPS) is 13.6. The SMILES string of the molecule is CC(C)N(CCCBr)S(=O)(=O)CS(C)(=O)=O. The van der Waals surface area contributed by atoms with Gasteiger partial charge in [-0.2, -0.15) is 4.31 Å². The number of sulfone groups is 1. The van der Waals surface area contributed by atoms with Crippen molar-refractivity contribution in [3.63, 3.8) is 0 Å². The van der Waals surface area contributed by atoms with Crippen molar-refractivity contribution in [2.24, 2.45) is 0 Å². The van der Waals surface area contributed by atoms with E-state index in [0.717, 1.165) is 6.26 Å². The van der Waals surface area contributed by atoms with Crippen LogP contribution < -0.4 is 0 Å². The molecule has 0 aliphatic carbocycles. The van der Waals surface area contributed by atoms with Gasteiger partial charge in [-0.15, -0.1) is 0 Å². The smallest absolute Gasteiger partial charge is 0.228 e. The van der Waals surface area contributed by atoms with Gasteiger partial charge in [-0.05, 0) is 20.3 Å². The van der Waals surface area contributed by atoms with E-state index >= 15 is 0 Å². The van der Waals surface area contributed by atoms with Gasteiger partial charge < -0.3 is 0 Å². The molecule has 0 bridgehead atoms. The van der Waals surface area contributed by atoms with E-state index in [2.05, 4.69) is 15.9 Å². The van der Waals surface area contributed by atoms with Crippen LogP contribution in [-0.2, 0) is 19.9 Å². The summed E-state index contributed by atoms with van der Waals surface area (Å²) in [5.74, 6) is 0. The van der Waals surface area contributed by atoms with Crippen molar-refractivity contribution in [2.75, 3.05) is 23.2 Å². The van der Waals surface area contributed by atoms with Crippen molar-refractivity contribution in [3.05, 3.63) is 0 Å². The Morgan fingerprint density at radius 2 is 1.69 bits per heavy atom. The average Bonchev–Trinajstić information content (AvgIpc) is 1.98. The molecule has 0 radical (unpaired) electrons. The molecule has 0 aromatic heterocycles. The molecule has 0 aliphatic rings. The summed E-state index contributed by atoms with van der Waals surface area (Å²) in [6, 6.07) is -0.231.